The van der Waals surface area contributed by atoms with Crippen molar-refractivity contribution < 1.29 is 18.3 Å². The molecule has 0 spiro atoms. The zero-order valence-electron chi connectivity index (χ0n) is 18.7. The Morgan fingerprint density at radius 1 is 1.12 bits per heavy atom. The first-order valence-electron chi connectivity index (χ1n) is 11.6. The molecule has 1 saturated carbocycles. The highest BCUT2D eigenvalue weighted by Crippen LogP contribution is 2.39. The van der Waals surface area contributed by atoms with Gasteiger partial charge in [0.1, 0.15) is 23.8 Å². The molecule has 4 rings (SSSR count). The Labute approximate surface area is 193 Å². The Morgan fingerprint density at radius 2 is 1.91 bits per heavy atom. The molecule has 3 aromatic rings. The van der Waals surface area contributed by atoms with Crippen molar-refractivity contribution in [1.29, 1.82) is 5.26 Å². The van der Waals surface area contributed by atoms with E-state index in [1.54, 1.807) is 24.3 Å². The normalized spacial score (nSPS) is 20.4. The minimum atomic E-state index is -0.849. The first-order chi connectivity index (χ1) is 16.0. The van der Waals surface area contributed by atoms with E-state index in [1.165, 1.54) is 18.2 Å². The maximum absolute atomic E-state index is 14.8. The molecular weight excluding hydrogens is 420 g/mol. The van der Waals surface area contributed by atoms with Crippen LogP contribution in [0.1, 0.15) is 72.9 Å². The lowest BCUT2D eigenvalue weighted by Crippen LogP contribution is -2.24. The van der Waals surface area contributed by atoms with Crippen LogP contribution in [0.2, 0.25) is 0 Å². The second kappa shape index (κ2) is 10.1. The van der Waals surface area contributed by atoms with E-state index in [2.05, 4.69) is 6.92 Å². The average Bonchev–Trinajstić information content (AvgIpc) is 2.83. The van der Waals surface area contributed by atoms with Crippen LogP contribution in [0.15, 0.2) is 54.6 Å². The summed E-state index contributed by atoms with van der Waals surface area (Å²) in [5.41, 5.74) is 1.26. The van der Waals surface area contributed by atoms with Gasteiger partial charge >= 0.3 is 5.97 Å². The zero-order valence-corrected chi connectivity index (χ0v) is 18.7. The first-order valence-corrected chi connectivity index (χ1v) is 11.6. The summed E-state index contributed by atoms with van der Waals surface area (Å²) >= 11 is 0. The van der Waals surface area contributed by atoms with Crippen molar-refractivity contribution in [3.8, 4) is 11.8 Å². The highest BCUT2D eigenvalue weighted by Gasteiger charge is 2.31. The molecule has 0 aromatic heterocycles. The predicted molar refractivity (Wildman–Crippen MR) is 125 cm³/mol. The number of hydrogen-bond acceptors (Lipinski definition) is 3. The molecular formula is C28H27F2NO2. The lowest BCUT2D eigenvalue weighted by atomic mass is 9.76. The van der Waals surface area contributed by atoms with Crippen molar-refractivity contribution in [3.05, 3.63) is 77.1 Å². The Hall–Kier alpha value is -3.26. The Kier molecular flexibility index (Phi) is 7.03. The number of carbonyl (C=O) groups excluding carboxylic acids is 1. The van der Waals surface area contributed by atoms with Crippen molar-refractivity contribution in [3.63, 3.8) is 0 Å². The molecule has 1 aliphatic carbocycles. The number of nitriles is 1. The quantitative estimate of drug-likeness (QED) is 0.291. The number of nitrogens with zero attached hydrogens (tertiary/aromatic N) is 1. The molecule has 1 aliphatic rings. The summed E-state index contributed by atoms with van der Waals surface area (Å²) in [5, 5.41) is 9.79. The van der Waals surface area contributed by atoms with Crippen LogP contribution in [0.5, 0.6) is 5.75 Å². The number of esters is 1. The largest absolute Gasteiger partial charge is 0.423 e. The van der Waals surface area contributed by atoms with Gasteiger partial charge in [0, 0.05) is 11.3 Å². The molecule has 3 atom stereocenters. The fraction of sp³-hybridized carbons (Fsp3) is 0.357. The van der Waals surface area contributed by atoms with Gasteiger partial charge in [0.2, 0.25) is 0 Å². The second-order valence-corrected chi connectivity index (χ2v) is 8.88. The van der Waals surface area contributed by atoms with E-state index in [9.17, 15) is 13.6 Å². The second-order valence-electron chi connectivity index (χ2n) is 8.88. The Morgan fingerprint density at radius 3 is 2.61 bits per heavy atom. The van der Waals surface area contributed by atoms with Crippen molar-refractivity contribution in [2.24, 2.45) is 5.92 Å². The number of fused-ring (bicyclic) bond motifs is 1. The van der Waals surface area contributed by atoms with Crippen molar-refractivity contribution in [2.45, 2.75) is 57.5 Å². The molecule has 0 heterocycles. The lowest BCUT2D eigenvalue weighted by Gasteiger charge is -2.32. The summed E-state index contributed by atoms with van der Waals surface area (Å²) in [7, 11) is 0. The molecule has 0 radical (unpaired) electrons. The van der Waals surface area contributed by atoms with Gasteiger partial charge in [-0.2, -0.15) is 5.26 Å². The number of halogens is 2. The summed E-state index contributed by atoms with van der Waals surface area (Å²) in [5.74, 6) is -0.479. The average molecular weight is 448 g/mol. The van der Waals surface area contributed by atoms with Crippen molar-refractivity contribution >= 4 is 16.7 Å². The number of unbranched alkanes of at least 4 members (excludes halogenated alkanes) is 1. The molecule has 0 N–H and O–H groups in total. The fourth-order valence-corrected chi connectivity index (χ4v) is 4.78. The topological polar surface area (TPSA) is 50.1 Å². The molecule has 3 unspecified atom stereocenters. The fourth-order valence-electron chi connectivity index (χ4n) is 4.78. The van der Waals surface area contributed by atoms with Crippen molar-refractivity contribution in [2.75, 3.05) is 0 Å². The van der Waals surface area contributed by atoms with Crippen LogP contribution >= 0.6 is 0 Å². The molecule has 5 heteroatoms. The smallest absolute Gasteiger partial charge is 0.343 e. The van der Waals surface area contributed by atoms with Gasteiger partial charge < -0.3 is 4.74 Å². The van der Waals surface area contributed by atoms with E-state index in [-0.39, 0.29) is 17.2 Å². The van der Waals surface area contributed by atoms with Gasteiger partial charge in [-0.3, -0.25) is 0 Å². The number of ether oxygens (including phenoxy) is 1. The maximum Gasteiger partial charge on any atom is 0.343 e. The Bertz CT molecular complexity index is 1180. The first kappa shape index (κ1) is 22.9. The van der Waals surface area contributed by atoms with Gasteiger partial charge in [-0.15, -0.1) is 0 Å². The SMILES string of the molecule is CCCCC1CCC(c2ccc(C(=O)Oc3ccc4c(F)c(C#N)ccc4c3)cc2)C(F)C1. The summed E-state index contributed by atoms with van der Waals surface area (Å²) in [4.78, 5) is 12.6. The van der Waals surface area contributed by atoms with Crippen molar-refractivity contribution in [1.82, 2.24) is 0 Å². The van der Waals surface area contributed by atoms with Gasteiger partial charge in [-0.25, -0.2) is 13.6 Å². The van der Waals surface area contributed by atoms with Crippen LogP contribution in [-0.2, 0) is 0 Å². The number of benzene rings is 3. The van der Waals surface area contributed by atoms with Gasteiger partial charge in [-0.05, 0) is 72.5 Å². The molecule has 0 bridgehead atoms. The van der Waals surface area contributed by atoms with Gasteiger partial charge in [0.05, 0.1) is 11.1 Å². The van der Waals surface area contributed by atoms with E-state index in [0.717, 1.165) is 37.7 Å². The molecule has 0 aliphatic heterocycles. The van der Waals surface area contributed by atoms with E-state index < -0.39 is 18.0 Å². The van der Waals surface area contributed by atoms with Gasteiger partial charge in [0.15, 0.2) is 0 Å². The van der Waals surface area contributed by atoms with E-state index >= 15 is 0 Å². The number of rotatable bonds is 6. The molecule has 3 nitrogen and oxygen atoms in total. The van der Waals surface area contributed by atoms with Gasteiger partial charge in [-0.1, -0.05) is 44.4 Å². The number of carbonyl (C=O) groups is 1. The summed E-state index contributed by atoms with van der Waals surface area (Å²) in [6.45, 7) is 2.16. The summed E-state index contributed by atoms with van der Waals surface area (Å²) in [6, 6.07) is 16.4. The van der Waals surface area contributed by atoms with E-state index in [0.29, 0.717) is 28.7 Å². The predicted octanol–water partition coefficient (Wildman–Crippen LogP) is 7.48. The van der Waals surface area contributed by atoms with Crippen LogP contribution < -0.4 is 4.74 Å². The van der Waals surface area contributed by atoms with E-state index in [1.807, 2.05) is 18.2 Å². The molecule has 3 aromatic carbocycles. The molecule has 33 heavy (non-hydrogen) atoms. The number of alkyl halides is 1. The zero-order chi connectivity index (χ0) is 23.4. The standard InChI is InChI=1S/C28H27F2NO2/c1-2-3-4-18-5-13-24(26(29)15-18)19-6-8-20(9-7-19)28(32)33-23-12-14-25-21(16-23)10-11-22(17-31)27(25)30/h6-12,14,16,18,24,26H,2-5,13,15H2,1H3. The Balaban J connectivity index is 1.42. The summed E-state index contributed by atoms with van der Waals surface area (Å²) in [6.07, 6.45) is 5.06. The highest BCUT2D eigenvalue weighted by atomic mass is 19.1. The third-order valence-corrected chi connectivity index (χ3v) is 6.68. The van der Waals surface area contributed by atoms with E-state index in [4.69, 9.17) is 10.00 Å². The van der Waals surface area contributed by atoms with Crippen LogP contribution in [0.3, 0.4) is 0 Å². The molecule has 170 valence electrons. The number of hydrogen-bond donors (Lipinski definition) is 0. The van der Waals surface area contributed by atoms with Gasteiger partial charge in [0.25, 0.3) is 0 Å². The van der Waals surface area contributed by atoms with Crippen LogP contribution in [-0.4, -0.2) is 12.1 Å². The third kappa shape index (κ3) is 5.06. The minimum absolute atomic E-state index is 0.0303. The van der Waals surface area contributed by atoms with Crippen LogP contribution in [0, 0.1) is 23.1 Å². The summed E-state index contributed by atoms with van der Waals surface area (Å²) < 4.78 is 34.6. The van der Waals surface area contributed by atoms with Crippen LogP contribution in [0.25, 0.3) is 10.8 Å². The molecule has 1 fully saturated rings. The third-order valence-electron chi connectivity index (χ3n) is 6.68. The monoisotopic (exact) mass is 447 g/mol. The highest BCUT2D eigenvalue weighted by molar-refractivity contribution is 5.92. The molecule has 0 saturated heterocycles. The maximum atomic E-state index is 14.8. The van der Waals surface area contributed by atoms with Crippen LogP contribution in [0.4, 0.5) is 8.78 Å². The minimum Gasteiger partial charge on any atom is -0.423 e. The lowest BCUT2D eigenvalue weighted by molar-refractivity contribution is 0.0735. The molecule has 0 amide bonds.